The average Bonchev–Trinajstić information content (AvgIpc) is 3.10. The molecule has 0 N–H and O–H groups in total. The minimum Gasteiger partial charge on any atom is -0.404 e. The van der Waals surface area contributed by atoms with Crippen molar-refractivity contribution in [2.24, 2.45) is 0 Å². The van der Waals surface area contributed by atoms with E-state index in [-0.39, 0.29) is 11.6 Å². The van der Waals surface area contributed by atoms with Crippen molar-refractivity contribution < 1.29 is 55.1 Å². The number of pyridine rings is 1. The Hall–Kier alpha value is -4.41. The first-order chi connectivity index (χ1) is 20.5. The molecule has 1 aromatic carbocycles. The van der Waals surface area contributed by atoms with Crippen LogP contribution in [0.4, 0.5) is 42.5 Å². The van der Waals surface area contributed by atoms with E-state index in [2.05, 4.69) is 14.6 Å². The fourth-order valence-corrected chi connectivity index (χ4v) is 4.76. The van der Waals surface area contributed by atoms with Gasteiger partial charge in [0.25, 0.3) is 11.8 Å². The van der Waals surface area contributed by atoms with Crippen LogP contribution >= 0.6 is 0 Å². The summed E-state index contributed by atoms with van der Waals surface area (Å²) in [4.78, 5) is 63.4. The quantitative estimate of drug-likeness (QED) is 0.248. The first-order valence-electron chi connectivity index (χ1n) is 13.3. The van der Waals surface area contributed by atoms with Gasteiger partial charge >= 0.3 is 24.5 Å². The normalized spacial score (nSPS) is 17.5. The molecule has 2 aliphatic rings. The summed E-state index contributed by atoms with van der Waals surface area (Å²) in [7, 11) is 0. The van der Waals surface area contributed by atoms with Crippen LogP contribution in [0.15, 0.2) is 42.7 Å². The van der Waals surface area contributed by atoms with Crippen molar-refractivity contribution in [2.45, 2.75) is 57.7 Å². The van der Waals surface area contributed by atoms with Gasteiger partial charge in [-0.2, -0.15) is 13.2 Å². The third-order valence-corrected chi connectivity index (χ3v) is 7.00. The molecule has 0 radical (unpaired) electrons. The SMILES string of the molecule is CC1(C)C(=O)N(c2cc(N(OC(=O)C(F)(F)F)C(=O)CN3CCCCC3)ccc2OC(F)(F)F)C(=O)N1Cc1ccncc1. The Labute approximate surface area is 246 Å². The van der Waals surface area contributed by atoms with Crippen molar-refractivity contribution in [1.82, 2.24) is 14.8 Å². The largest absolute Gasteiger partial charge is 0.573 e. The predicted octanol–water partition coefficient (Wildman–Crippen LogP) is 4.57. The Morgan fingerprint density at radius 3 is 2.20 bits per heavy atom. The molecule has 0 unspecified atom stereocenters. The molecule has 0 saturated carbocycles. The number of benzene rings is 1. The van der Waals surface area contributed by atoms with E-state index in [4.69, 9.17) is 0 Å². The molecule has 3 heterocycles. The van der Waals surface area contributed by atoms with Crippen LogP contribution in [-0.4, -0.2) is 76.3 Å². The van der Waals surface area contributed by atoms with E-state index in [9.17, 15) is 45.5 Å². The average molecular weight is 632 g/mol. The number of nitrogens with zero attached hydrogens (tertiary/aromatic N) is 5. The number of alkyl halides is 6. The zero-order valence-electron chi connectivity index (χ0n) is 23.4. The van der Waals surface area contributed by atoms with Crippen molar-refractivity contribution in [3.8, 4) is 5.75 Å². The van der Waals surface area contributed by atoms with Gasteiger partial charge in [0.15, 0.2) is 5.75 Å². The summed E-state index contributed by atoms with van der Waals surface area (Å²) in [6.07, 6.45) is -5.72. The minimum atomic E-state index is -5.54. The number of amides is 4. The number of piperidine rings is 1. The maximum Gasteiger partial charge on any atom is 0.573 e. The van der Waals surface area contributed by atoms with Gasteiger partial charge in [0.2, 0.25) is 0 Å². The van der Waals surface area contributed by atoms with Gasteiger partial charge < -0.3 is 14.5 Å². The number of hydrogen-bond acceptors (Lipinski definition) is 8. The number of halogens is 6. The molecule has 2 saturated heterocycles. The molecule has 1 aromatic heterocycles. The maximum absolute atomic E-state index is 13.6. The molecule has 0 aliphatic carbocycles. The molecule has 11 nitrogen and oxygen atoms in total. The van der Waals surface area contributed by atoms with Gasteiger partial charge in [-0.1, -0.05) is 6.42 Å². The fraction of sp³-hybridized carbons (Fsp3) is 0.444. The van der Waals surface area contributed by atoms with Crippen LogP contribution in [0.5, 0.6) is 5.75 Å². The third kappa shape index (κ3) is 7.20. The summed E-state index contributed by atoms with van der Waals surface area (Å²) in [6.45, 7) is 2.90. The monoisotopic (exact) mass is 631 g/mol. The van der Waals surface area contributed by atoms with Crippen LogP contribution in [0.3, 0.4) is 0 Å². The standard InChI is InChI=1S/C27H27F6N5O6/c1-25(2)22(40)37(24(42)36(25)15-17-8-10-34-11-9-17)19-14-18(6-7-20(19)43-27(31,32)33)38(44-23(41)26(28,29)30)21(39)16-35-12-4-3-5-13-35/h6-11,14H,3-5,12-13,15-16H2,1-2H3. The predicted molar refractivity (Wildman–Crippen MR) is 140 cm³/mol. The fourth-order valence-electron chi connectivity index (χ4n) is 4.76. The van der Waals surface area contributed by atoms with Crippen LogP contribution in [0, 0.1) is 0 Å². The summed E-state index contributed by atoms with van der Waals surface area (Å²) in [5.74, 6) is -6.01. The molecule has 17 heteroatoms. The summed E-state index contributed by atoms with van der Waals surface area (Å²) in [6, 6.07) is 3.99. The number of aromatic nitrogens is 1. The summed E-state index contributed by atoms with van der Waals surface area (Å²) in [5, 5.41) is -0.0177. The van der Waals surface area contributed by atoms with E-state index in [1.807, 2.05) is 0 Å². The smallest absolute Gasteiger partial charge is 0.404 e. The summed E-state index contributed by atoms with van der Waals surface area (Å²) < 4.78 is 83.7. The van der Waals surface area contributed by atoms with Crippen LogP contribution in [0.1, 0.15) is 38.7 Å². The number of hydrogen-bond donors (Lipinski definition) is 0. The first-order valence-corrected chi connectivity index (χ1v) is 13.3. The van der Waals surface area contributed by atoms with E-state index < -0.39 is 65.6 Å². The molecular formula is C27H27F6N5O6. The van der Waals surface area contributed by atoms with Crippen LogP contribution in [-0.2, 0) is 25.8 Å². The molecule has 0 atom stereocenters. The number of hydroxylamine groups is 1. The van der Waals surface area contributed by atoms with Crippen molar-refractivity contribution in [2.75, 3.05) is 29.6 Å². The molecule has 238 valence electrons. The van der Waals surface area contributed by atoms with Gasteiger partial charge in [-0.25, -0.2) is 14.5 Å². The first kappa shape index (κ1) is 32.5. The number of likely N-dealkylation sites (tertiary alicyclic amines) is 1. The number of imide groups is 1. The van der Waals surface area contributed by atoms with Crippen LogP contribution in [0.2, 0.25) is 0 Å². The molecule has 44 heavy (non-hydrogen) atoms. The number of urea groups is 1. The Morgan fingerprint density at radius 2 is 1.61 bits per heavy atom. The second-order valence-electron chi connectivity index (χ2n) is 10.5. The molecular weight excluding hydrogens is 604 g/mol. The summed E-state index contributed by atoms with van der Waals surface area (Å²) in [5.41, 5.74) is -2.59. The number of carbonyl (C=O) groups excluding carboxylic acids is 4. The van der Waals surface area contributed by atoms with Gasteiger partial charge in [0.1, 0.15) is 5.54 Å². The Bertz CT molecular complexity index is 1410. The number of ether oxygens (including phenoxy) is 1. The molecule has 2 aromatic rings. The molecule has 2 aliphatic heterocycles. The molecule has 4 rings (SSSR count). The Morgan fingerprint density at radius 1 is 0.977 bits per heavy atom. The minimum absolute atomic E-state index is 0.0177. The lowest BCUT2D eigenvalue weighted by molar-refractivity contribution is -0.274. The number of rotatable bonds is 7. The molecule has 4 amide bonds. The lowest BCUT2D eigenvalue weighted by atomic mass is 10.0. The van der Waals surface area contributed by atoms with Crippen molar-refractivity contribution in [1.29, 1.82) is 0 Å². The summed E-state index contributed by atoms with van der Waals surface area (Å²) >= 11 is 0. The van der Waals surface area contributed by atoms with E-state index >= 15 is 0 Å². The maximum atomic E-state index is 13.6. The topological polar surface area (TPSA) is 113 Å². The van der Waals surface area contributed by atoms with E-state index in [1.54, 1.807) is 17.0 Å². The number of anilines is 2. The second kappa shape index (κ2) is 12.3. The molecule has 0 bridgehead atoms. The van der Waals surface area contributed by atoms with Crippen molar-refractivity contribution in [3.05, 3.63) is 48.3 Å². The highest BCUT2D eigenvalue weighted by Gasteiger charge is 2.53. The van der Waals surface area contributed by atoms with Gasteiger partial charge in [-0.15, -0.1) is 18.2 Å². The number of carbonyl (C=O) groups is 4. The zero-order chi connectivity index (χ0) is 32.4. The van der Waals surface area contributed by atoms with E-state index in [0.29, 0.717) is 48.5 Å². The molecule has 2 fully saturated rings. The lowest BCUT2D eigenvalue weighted by Gasteiger charge is -2.29. The van der Waals surface area contributed by atoms with E-state index in [1.165, 1.54) is 26.2 Å². The van der Waals surface area contributed by atoms with Crippen LogP contribution < -0.4 is 14.7 Å². The van der Waals surface area contributed by atoms with Gasteiger partial charge in [0.05, 0.1) is 17.9 Å². The van der Waals surface area contributed by atoms with Gasteiger partial charge in [-0.3, -0.25) is 19.5 Å². The van der Waals surface area contributed by atoms with Crippen molar-refractivity contribution in [3.63, 3.8) is 0 Å². The highest BCUT2D eigenvalue weighted by atomic mass is 19.4. The van der Waals surface area contributed by atoms with Crippen molar-refractivity contribution >= 4 is 35.2 Å². The van der Waals surface area contributed by atoms with Crippen LogP contribution in [0.25, 0.3) is 0 Å². The second-order valence-corrected chi connectivity index (χ2v) is 10.5. The van der Waals surface area contributed by atoms with Gasteiger partial charge in [-0.05, 0) is 75.7 Å². The zero-order valence-corrected chi connectivity index (χ0v) is 23.4. The Kier molecular flexibility index (Phi) is 9.08. The highest BCUT2D eigenvalue weighted by molar-refractivity contribution is 6.23. The lowest BCUT2D eigenvalue weighted by Crippen LogP contribution is -2.45. The molecule has 0 spiro atoms. The van der Waals surface area contributed by atoms with E-state index in [0.717, 1.165) is 17.4 Å². The third-order valence-electron chi connectivity index (χ3n) is 7.00. The highest BCUT2D eigenvalue weighted by Crippen LogP contribution is 2.42. The van der Waals surface area contributed by atoms with Gasteiger partial charge in [0, 0.05) is 18.9 Å². The Balaban J connectivity index is 1.78.